The number of methoxy groups -OCH3 is 2. The third-order valence-electron chi connectivity index (χ3n) is 2.96. The second-order valence-corrected chi connectivity index (χ2v) is 4.41. The minimum atomic E-state index is -0.323. The molecule has 0 aromatic heterocycles. The number of nitrogen functional groups attached to an aromatic ring is 1. The highest BCUT2D eigenvalue weighted by Crippen LogP contribution is 2.31. The van der Waals surface area contributed by atoms with E-state index in [2.05, 4.69) is 5.32 Å². The lowest BCUT2D eigenvalue weighted by Gasteiger charge is -2.13. The fourth-order valence-electron chi connectivity index (χ4n) is 1.84. The van der Waals surface area contributed by atoms with Gasteiger partial charge in [0.15, 0.2) is 0 Å². The zero-order valence-corrected chi connectivity index (χ0v) is 11.7. The normalized spacial score (nSPS) is 10.2. The molecule has 0 heterocycles. The summed E-state index contributed by atoms with van der Waals surface area (Å²) in [5, 5.41) is 3.14. The molecule has 0 bridgehead atoms. The summed E-state index contributed by atoms with van der Waals surface area (Å²) in [6.07, 6.45) is 0. The highest BCUT2D eigenvalue weighted by Gasteiger charge is 2.07. The van der Waals surface area contributed by atoms with Gasteiger partial charge >= 0.3 is 0 Å². The summed E-state index contributed by atoms with van der Waals surface area (Å²) in [6, 6.07) is 8.34. The zero-order valence-electron chi connectivity index (χ0n) is 11.7. The molecule has 3 N–H and O–H groups in total. The average Bonchev–Trinajstić information content (AvgIpc) is 2.44. The Kier molecular flexibility index (Phi) is 3.98. The minimum Gasteiger partial charge on any atom is -0.497 e. The Morgan fingerprint density at radius 1 is 1.00 bits per heavy atom. The van der Waals surface area contributed by atoms with Crippen molar-refractivity contribution in [3.63, 3.8) is 0 Å². The molecule has 0 aliphatic rings. The molecule has 0 aliphatic carbocycles. The number of ether oxygens (including phenoxy) is 2. The molecule has 106 valence electrons. The highest BCUT2D eigenvalue weighted by molar-refractivity contribution is 5.74. The van der Waals surface area contributed by atoms with E-state index in [-0.39, 0.29) is 5.82 Å². The van der Waals surface area contributed by atoms with Crippen molar-refractivity contribution in [3.8, 4) is 11.5 Å². The van der Waals surface area contributed by atoms with Gasteiger partial charge in [-0.25, -0.2) is 4.39 Å². The third kappa shape index (κ3) is 2.93. The van der Waals surface area contributed by atoms with Gasteiger partial charge in [0.25, 0.3) is 0 Å². The summed E-state index contributed by atoms with van der Waals surface area (Å²) >= 11 is 0. The predicted octanol–water partition coefficient (Wildman–Crippen LogP) is 3.48. The summed E-state index contributed by atoms with van der Waals surface area (Å²) in [7, 11) is 3.16. The van der Waals surface area contributed by atoms with E-state index in [1.807, 2.05) is 0 Å². The van der Waals surface area contributed by atoms with E-state index < -0.39 is 0 Å². The van der Waals surface area contributed by atoms with Crippen LogP contribution in [-0.4, -0.2) is 14.2 Å². The van der Waals surface area contributed by atoms with Gasteiger partial charge in [-0.2, -0.15) is 0 Å². The van der Waals surface area contributed by atoms with Crippen LogP contribution in [0.2, 0.25) is 0 Å². The predicted molar refractivity (Wildman–Crippen MR) is 78.4 cm³/mol. The Bertz CT molecular complexity index is 607. The molecule has 2 aromatic rings. The monoisotopic (exact) mass is 276 g/mol. The fraction of sp³-hybridized carbons (Fsp3) is 0.200. The molecule has 20 heavy (non-hydrogen) atoms. The van der Waals surface area contributed by atoms with E-state index in [0.29, 0.717) is 28.4 Å². The molecule has 2 aromatic carbocycles. The lowest BCUT2D eigenvalue weighted by Crippen LogP contribution is -1.99. The van der Waals surface area contributed by atoms with Crippen LogP contribution in [0.3, 0.4) is 0 Å². The van der Waals surface area contributed by atoms with Gasteiger partial charge in [-0.05, 0) is 24.6 Å². The smallest absolute Gasteiger partial charge is 0.128 e. The van der Waals surface area contributed by atoms with Crippen molar-refractivity contribution in [2.45, 2.75) is 6.92 Å². The number of rotatable bonds is 4. The highest BCUT2D eigenvalue weighted by atomic mass is 19.1. The third-order valence-corrected chi connectivity index (χ3v) is 2.96. The molecule has 5 heteroatoms. The molecule has 0 saturated heterocycles. The van der Waals surface area contributed by atoms with Crippen molar-refractivity contribution >= 4 is 17.1 Å². The first-order chi connectivity index (χ1) is 9.53. The van der Waals surface area contributed by atoms with Crippen LogP contribution in [0.15, 0.2) is 30.3 Å². The second-order valence-electron chi connectivity index (χ2n) is 4.41. The van der Waals surface area contributed by atoms with Crippen LogP contribution in [0.1, 0.15) is 5.56 Å². The standard InChI is InChI=1S/C15H17FN2O2/c1-9-4-15(14(17)8-13(9)16)18-10-5-11(19-2)7-12(6-10)20-3/h4-8,18H,17H2,1-3H3. The molecule has 0 aliphatic heterocycles. The maximum absolute atomic E-state index is 13.4. The number of benzene rings is 2. The van der Waals surface area contributed by atoms with E-state index in [9.17, 15) is 4.39 Å². The molecular weight excluding hydrogens is 259 g/mol. The van der Waals surface area contributed by atoms with Crippen molar-refractivity contribution in [2.24, 2.45) is 0 Å². The minimum absolute atomic E-state index is 0.323. The molecule has 4 nitrogen and oxygen atoms in total. The maximum atomic E-state index is 13.4. The van der Waals surface area contributed by atoms with E-state index >= 15 is 0 Å². The molecule has 2 rings (SSSR count). The van der Waals surface area contributed by atoms with E-state index in [0.717, 1.165) is 5.69 Å². The summed E-state index contributed by atoms with van der Waals surface area (Å²) in [6.45, 7) is 1.69. The Morgan fingerprint density at radius 2 is 1.60 bits per heavy atom. The number of hydrogen-bond acceptors (Lipinski definition) is 4. The quantitative estimate of drug-likeness (QED) is 0.839. The number of halogens is 1. The van der Waals surface area contributed by atoms with Gasteiger partial charge in [0.1, 0.15) is 17.3 Å². The van der Waals surface area contributed by atoms with Crippen molar-refractivity contribution in [2.75, 3.05) is 25.3 Å². The van der Waals surface area contributed by atoms with Crippen molar-refractivity contribution in [1.29, 1.82) is 0 Å². The van der Waals surface area contributed by atoms with Gasteiger partial charge in [0, 0.05) is 23.9 Å². The zero-order chi connectivity index (χ0) is 14.7. The molecule has 0 atom stereocenters. The second kappa shape index (κ2) is 5.69. The summed E-state index contributed by atoms with van der Waals surface area (Å²) < 4.78 is 23.8. The lowest BCUT2D eigenvalue weighted by atomic mass is 10.1. The largest absolute Gasteiger partial charge is 0.497 e. The number of nitrogens with one attached hydrogen (secondary N) is 1. The van der Waals surface area contributed by atoms with Crippen molar-refractivity contribution in [3.05, 3.63) is 41.7 Å². The Hall–Kier alpha value is -2.43. The number of hydrogen-bond donors (Lipinski definition) is 2. The maximum Gasteiger partial charge on any atom is 0.128 e. The van der Waals surface area contributed by atoms with Crippen LogP contribution in [-0.2, 0) is 0 Å². The summed E-state index contributed by atoms with van der Waals surface area (Å²) in [4.78, 5) is 0. The summed E-state index contributed by atoms with van der Waals surface area (Å²) in [5.41, 5.74) is 8.07. The Balaban J connectivity index is 2.36. The first-order valence-electron chi connectivity index (χ1n) is 6.09. The molecular formula is C15H17FN2O2. The van der Waals surface area contributed by atoms with Crippen LogP contribution < -0.4 is 20.5 Å². The van der Waals surface area contributed by atoms with E-state index in [1.165, 1.54) is 6.07 Å². The molecule has 0 amide bonds. The average molecular weight is 276 g/mol. The van der Waals surface area contributed by atoms with Gasteiger partial charge in [-0.1, -0.05) is 0 Å². The van der Waals surface area contributed by atoms with Crippen LogP contribution in [0.5, 0.6) is 11.5 Å². The molecule has 0 fully saturated rings. The first-order valence-corrected chi connectivity index (χ1v) is 6.09. The molecule has 0 saturated carbocycles. The number of nitrogens with two attached hydrogens (primary N) is 1. The topological polar surface area (TPSA) is 56.5 Å². The van der Waals surface area contributed by atoms with E-state index in [1.54, 1.807) is 45.4 Å². The van der Waals surface area contributed by atoms with E-state index in [4.69, 9.17) is 15.2 Å². The first kappa shape index (κ1) is 14.0. The Labute approximate surface area is 117 Å². The van der Waals surface area contributed by atoms with Gasteiger partial charge in [0.05, 0.1) is 25.6 Å². The lowest BCUT2D eigenvalue weighted by molar-refractivity contribution is 0.395. The number of aryl methyl sites for hydroxylation is 1. The molecule has 0 radical (unpaired) electrons. The SMILES string of the molecule is COc1cc(Nc2cc(C)c(F)cc2N)cc(OC)c1. The van der Waals surface area contributed by atoms with Gasteiger partial charge in [-0.15, -0.1) is 0 Å². The van der Waals surface area contributed by atoms with Crippen molar-refractivity contribution in [1.82, 2.24) is 0 Å². The van der Waals surface area contributed by atoms with Crippen LogP contribution in [0.25, 0.3) is 0 Å². The summed E-state index contributed by atoms with van der Waals surface area (Å²) in [5.74, 6) is 0.991. The fourth-order valence-corrected chi connectivity index (χ4v) is 1.84. The van der Waals surface area contributed by atoms with Crippen molar-refractivity contribution < 1.29 is 13.9 Å². The van der Waals surface area contributed by atoms with Gasteiger partial charge < -0.3 is 20.5 Å². The van der Waals surface area contributed by atoms with Gasteiger partial charge in [-0.3, -0.25) is 0 Å². The number of anilines is 3. The molecule has 0 unspecified atom stereocenters. The van der Waals surface area contributed by atoms with Gasteiger partial charge in [0.2, 0.25) is 0 Å². The van der Waals surface area contributed by atoms with Crippen LogP contribution in [0.4, 0.5) is 21.5 Å². The van der Waals surface area contributed by atoms with Crippen LogP contribution >= 0.6 is 0 Å². The molecule has 0 spiro atoms. The van der Waals surface area contributed by atoms with Crippen LogP contribution in [0, 0.1) is 12.7 Å². The Morgan fingerprint density at radius 3 is 2.15 bits per heavy atom.